The number of benzene rings is 1. The number of aromatic hydroxyl groups is 1. The molecule has 15 heavy (non-hydrogen) atoms. The van der Waals surface area contributed by atoms with Crippen molar-refractivity contribution in [2.24, 2.45) is 5.73 Å². The monoisotopic (exact) mass is 211 g/mol. The molecule has 0 bridgehead atoms. The van der Waals surface area contributed by atoms with Gasteiger partial charge in [-0.05, 0) is 17.7 Å². The molecule has 0 saturated heterocycles. The van der Waals surface area contributed by atoms with Crippen LogP contribution in [0, 0.1) is 0 Å². The van der Waals surface area contributed by atoms with E-state index in [1.165, 1.54) is 19.2 Å². The summed E-state index contributed by atoms with van der Waals surface area (Å²) in [5.74, 6) is -0.810. The van der Waals surface area contributed by atoms with Crippen LogP contribution >= 0.6 is 0 Å². The number of hydrogen-bond donors (Lipinski definition) is 3. The summed E-state index contributed by atoms with van der Waals surface area (Å²) in [7, 11) is 1.22. The highest BCUT2D eigenvalue weighted by Gasteiger charge is 2.14. The Morgan fingerprint density at radius 2 is 2.27 bits per heavy atom. The number of methoxy groups -OCH3 is 1. The zero-order valence-corrected chi connectivity index (χ0v) is 8.30. The maximum absolute atomic E-state index is 11.2. The predicted molar refractivity (Wildman–Crippen MR) is 53.5 cm³/mol. The highest BCUT2D eigenvalue weighted by Crippen LogP contribution is 2.22. The van der Waals surface area contributed by atoms with E-state index in [0.717, 1.165) is 0 Å². The van der Waals surface area contributed by atoms with E-state index in [9.17, 15) is 9.90 Å². The van der Waals surface area contributed by atoms with Crippen LogP contribution in [0.25, 0.3) is 0 Å². The Labute approximate surface area is 87.1 Å². The van der Waals surface area contributed by atoms with Gasteiger partial charge in [-0.25, -0.2) is 4.79 Å². The third-order valence-electron chi connectivity index (χ3n) is 2.05. The molecule has 0 aromatic heterocycles. The summed E-state index contributed by atoms with van der Waals surface area (Å²) in [6.07, 6.45) is 0. The number of phenolic OH excluding ortho intramolecular Hbond substituents is 1. The lowest BCUT2D eigenvalue weighted by atomic mass is 10.0. The SMILES string of the molecule is COC(=O)c1cc([C@H](N)CO)ccc1O. The second kappa shape index (κ2) is 4.77. The zero-order valence-electron chi connectivity index (χ0n) is 8.30. The van der Waals surface area contributed by atoms with E-state index >= 15 is 0 Å². The molecule has 0 unspecified atom stereocenters. The van der Waals surface area contributed by atoms with Crippen LogP contribution in [0.15, 0.2) is 18.2 Å². The van der Waals surface area contributed by atoms with Crippen LogP contribution in [-0.2, 0) is 4.74 Å². The van der Waals surface area contributed by atoms with Crippen LogP contribution in [0.4, 0.5) is 0 Å². The molecular weight excluding hydrogens is 198 g/mol. The minimum absolute atomic E-state index is 0.0406. The number of phenols is 1. The van der Waals surface area contributed by atoms with E-state index in [4.69, 9.17) is 10.8 Å². The molecule has 1 rings (SSSR count). The van der Waals surface area contributed by atoms with Gasteiger partial charge in [-0.15, -0.1) is 0 Å². The van der Waals surface area contributed by atoms with Gasteiger partial charge in [0.05, 0.1) is 19.8 Å². The number of nitrogens with two attached hydrogens (primary N) is 1. The molecule has 0 aliphatic rings. The van der Waals surface area contributed by atoms with Gasteiger partial charge in [-0.3, -0.25) is 0 Å². The van der Waals surface area contributed by atoms with Crippen molar-refractivity contribution in [2.45, 2.75) is 6.04 Å². The molecule has 5 heteroatoms. The van der Waals surface area contributed by atoms with Gasteiger partial charge in [0.2, 0.25) is 0 Å². The first-order chi connectivity index (χ1) is 7.10. The molecule has 5 nitrogen and oxygen atoms in total. The second-order valence-electron chi connectivity index (χ2n) is 3.06. The summed E-state index contributed by atoms with van der Waals surface area (Å²) in [6.45, 7) is -0.231. The Morgan fingerprint density at radius 1 is 1.60 bits per heavy atom. The molecule has 0 amide bonds. The molecule has 4 N–H and O–H groups in total. The van der Waals surface area contributed by atoms with Crippen LogP contribution in [0.5, 0.6) is 5.75 Å². The lowest BCUT2D eigenvalue weighted by Gasteiger charge is -2.10. The van der Waals surface area contributed by atoms with E-state index in [0.29, 0.717) is 5.56 Å². The number of hydrogen-bond acceptors (Lipinski definition) is 5. The van der Waals surface area contributed by atoms with Gasteiger partial charge in [0.1, 0.15) is 11.3 Å². The molecule has 82 valence electrons. The fourth-order valence-electron chi connectivity index (χ4n) is 1.16. The Hall–Kier alpha value is -1.59. The summed E-state index contributed by atoms with van der Waals surface area (Å²) in [4.78, 5) is 11.2. The maximum atomic E-state index is 11.2. The molecule has 0 heterocycles. The van der Waals surface area contributed by atoms with Crippen LogP contribution in [0.2, 0.25) is 0 Å². The Kier molecular flexibility index (Phi) is 3.65. The van der Waals surface area contributed by atoms with Crippen molar-refractivity contribution in [3.05, 3.63) is 29.3 Å². The number of ether oxygens (including phenoxy) is 1. The third kappa shape index (κ3) is 2.45. The fraction of sp³-hybridized carbons (Fsp3) is 0.300. The number of carbonyl (C=O) groups excluding carboxylic acids is 1. The molecule has 1 aromatic carbocycles. The van der Waals surface area contributed by atoms with Crippen molar-refractivity contribution in [3.63, 3.8) is 0 Å². The average Bonchev–Trinajstić information content (AvgIpc) is 2.27. The minimum atomic E-state index is -0.639. The first-order valence-corrected chi connectivity index (χ1v) is 4.37. The van der Waals surface area contributed by atoms with Crippen molar-refractivity contribution in [3.8, 4) is 5.75 Å². The Morgan fingerprint density at radius 3 is 2.80 bits per heavy atom. The molecule has 0 saturated carbocycles. The molecule has 0 aliphatic carbocycles. The van der Waals surface area contributed by atoms with Crippen molar-refractivity contribution < 1.29 is 19.7 Å². The average molecular weight is 211 g/mol. The quantitative estimate of drug-likeness (QED) is 0.620. The molecule has 0 spiro atoms. The van der Waals surface area contributed by atoms with Gasteiger partial charge in [-0.2, -0.15) is 0 Å². The largest absolute Gasteiger partial charge is 0.507 e. The van der Waals surface area contributed by atoms with Crippen molar-refractivity contribution in [1.82, 2.24) is 0 Å². The number of carbonyl (C=O) groups is 1. The zero-order chi connectivity index (χ0) is 11.4. The van der Waals surface area contributed by atoms with E-state index in [2.05, 4.69) is 4.74 Å². The molecule has 1 aromatic rings. The maximum Gasteiger partial charge on any atom is 0.341 e. The van der Waals surface area contributed by atoms with Gasteiger partial charge in [0, 0.05) is 0 Å². The van der Waals surface area contributed by atoms with E-state index in [-0.39, 0.29) is 17.9 Å². The van der Waals surface area contributed by atoms with Gasteiger partial charge < -0.3 is 20.7 Å². The van der Waals surface area contributed by atoms with Crippen LogP contribution < -0.4 is 5.73 Å². The van der Waals surface area contributed by atoms with E-state index in [1.54, 1.807) is 6.07 Å². The first-order valence-electron chi connectivity index (χ1n) is 4.37. The molecule has 0 radical (unpaired) electrons. The van der Waals surface area contributed by atoms with E-state index < -0.39 is 12.0 Å². The topological polar surface area (TPSA) is 92.8 Å². The van der Waals surface area contributed by atoms with Crippen LogP contribution in [0.3, 0.4) is 0 Å². The summed E-state index contributed by atoms with van der Waals surface area (Å²) < 4.78 is 4.48. The number of esters is 1. The predicted octanol–water partition coefficient (Wildman–Crippen LogP) is 0.171. The smallest absolute Gasteiger partial charge is 0.341 e. The molecular formula is C10H13NO4. The number of aliphatic hydroxyl groups is 1. The summed E-state index contributed by atoms with van der Waals surface area (Å²) in [5.41, 5.74) is 6.18. The van der Waals surface area contributed by atoms with Gasteiger partial charge >= 0.3 is 5.97 Å². The normalized spacial score (nSPS) is 12.2. The van der Waals surface area contributed by atoms with Crippen molar-refractivity contribution in [1.29, 1.82) is 0 Å². The minimum Gasteiger partial charge on any atom is -0.507 e. The lowest BCUT2D eigenvalue weighted by Crippen LogP contribution is -2.15. The summed E-state index contributed by atoms with van der Waals surface area (Å²) in [5, 5.41) is 18.2. The standard InChI is InChI=1S/C10H13NO4/c1-15-10(14)7-4-6(8(11)5-12)2-3-9(7)13/h2-4,8,12-13H,5,11H2,1H3/t8-/m1/s1. The Bertz CT molecular complexity index is 364. The van der Waals surface area contributed by atoms with Crippen LogP contribution in [-0.4, -0.2) is 29.9 Å². The first kappa shape index (κ1) is 11.5. The van der Waals surface area contributed by atoms with Gasteiger partial charge in [-0.1, -0.05) is 6.07 Å². The number of rotatable bonds is 3. The molecule has 0 aliphatic heterocycles. The number of aliphatic hydroxyl groups excluding tert-OH is 1. The summed E-state index contributed by atoms with van der Waals surface area (Å²) >= 11 is 0. The van der Waals surface area contributed by atoms with Gasteiger partial charge in [0.15, 0.2) is 0 Å². The van der Waals surface area contributed by atoms with Crippen molar-refractivity contribution >= 4 is 5.97 Å². The molecule has 1 atom stereocenters. The lowest BCUT2D eigenvalue weighted by molar-refractivity contribution is 0.0597. The van der Waals surface area contributed by atoms with Crippen LogP contribution in [0.1, 0.15) is 22.0 Å². The summed E-state index contributed by atoms with van der Waals surface area (Å²) in [6, 6.07) is 3.72. The molecule has 0 fully saturated rings. The van der Waals surface area contributed by atoms with Gasteiger partial charge in [0.25, 0.3) is 0 Å². The van der Waals surface area contributed by atoms with E-state index in [1.807, 2.05) is 0 Å². The third-order valence-corrected chi connectivity index (χ3v) is 2.05. The Balaban J connectivity index is 3.10. The highest BCUT2D eigenvalue weighted by atomic mass is 16.5. The second-order valence-corrected chi connectivity index (χ2v) is 3.06. The van der Waals surface area contributed by atoms with Crippen molar-refractivity contribution in [2.75, 3.05) is 13.7 Å². The highest BCUT2D eigenvalue weighted by molar-refractivity contribution is 5.92. The fourth-order valence-corrected chi connectivity index (χ4v) is 1.16.